The number of halogens is 1. The molecule has 9 heteroatoms. The number of fused-ring (bicyclic) bond motifs is 1. The van der Waals surface area contributed by atoms with E-state index in [4.69, 9.17) is 11.6 Å². The van der Waals surface area contributed by atoms with Crippen LogP contribution in [-0.2, 0) is 33.6 Å². The average molecular weight is 454 g/mol. The van der Waals surface area contributed by atoms with E-state index in [0.717, 1.165) is 28.9 Å². The van der Waals surface area contributed by atoms with E-state index in [9.17, 15) is 14.4 Å². The lowest BCUT2D eigenvalue weighted by atomic mass is 10.1. The molecule has 4 aromatic rings. The first-order valence-corrected chi connectivity index (χ1v) is 10.6. The van der Waals surface area contributed by atoms with Crippen LogP contribution in [0.2, 0.25) is 5.28 Å². The Balaban J connectivity index is 1.67. The Hall–Kier alpha value is -3.39. The summed E-state index contributed by atoms with van der Waals surface area (Å²) >= 11 is 6.27. The maximum atomic E-state index is 13.2. The van der Waals surface area contributed by atoms with Crippen molar-refractivity contribution in [2.75, 3.05) is 0 Å². The molecule has 1 aromatic carbocycles. The molecule has 3 aromatic heterocycles. The molecular weight excluding hydrogens is 430 g/mol. The summed E-state index contributed by atoms with van der Waals surface area (Å²) in [6.45, 7) is 4.50. The molecule has 32 heavy (non-hydrogen) atoms. The minimum absolute atomic E-state index is 0.00969. The Morgan fingerprint density at radius 3 is 2.41 bits per heavy atom. The second kappa shape index (κ2) is 8.27. The van der Waals surface area contributed by atoms with Gasteiger partial charge in [0.1, 0.15) is 0 Å². The predicted molar refractivity (Wildman–Crippen MR) is 124 cm³/mol. The summed E-state index contributed by atoms with van der Waals surface area (Å²) in [5.74, 6) is -0.179. The monoisotopic (exact) mass is 453 g/mol. The lowest BCUT2D eigenvalue weighted by Gasteiger charge is -2.10. The summed E-state index contributed by atoms with van der Waals surface area (Å²) < 4.78 is 5.73. The van der Waals surface area contributed by atoms with Gasteiger partial charge in [0.2, 0.25) is 5.28 Å². The van der Waals surface area contributed by atoms with Gasteiger partial charge in [-0.15, -0.1) is 0 Å². The molecule has 166 valence electrons. The number of imidazole rings is 1. The van der Waals surface area contributed by atoms with Crippen molar-refractivity contribution in [3.05, 3.63) is 85.0 Å². The first-order valence-electron chi connectivity index (χ1n) is 10.3. The first kappa shape index (κ1) is 21.8. The van der Waals surface area contributed by atoms with Crippen LogP contribution in [0.25, 0.3) is 11.2 Å². The zero-order chi connectivity index (χ0) is 23.2. The van der Waals surface area contributed by atoms with Crippen LogP contribution >= 0.6 is 11.6 Å². The first-order chi connectivity index (χ1) is 15.2. The molecule has 0 unspecified atom stereocenters. The summed E-state index contributed by atoms with van der Waals surface area (Å²) in [5.41, 5.74) is 2.91. The van der Waals surface area contributed by atoms with Gasteiger partial charge in [0.25, 0.3) is 5.56 Å². The van der Waals surface area contributed by atoms with Crippen LogP contribution in [-0.4, -0.2) is 29.0 Å². The van der Waals surface area contributed by atoms with Gasteiger partial charge in [0, 0.05) is 37.6 Å². The second-order valence-electron chi connectivity index (χ2n) is 7.94. The Morgan fingerprint density at radius 1 is 1.03 bits per heavy atom. The number of ketones is 1. The fourth-order valence-corrected chi connectivity index (χ4v) is 4.33. The highest BCUT2D eigenvalue weighted by Crippen LogP contribution is 2.20. The Kier molecular flexibility index (Phi) is 5.64. The smallest absolute Gasteiger partial charge is 0.332 e. The number of hydrogen-bond acceptors (Lipinski definition) is 4. The van der Waals surface area contributed by atoms with E-state index < -0.39 is 11.2 Å². The second-order valence-corrected chi connectivity index (χ2v) is 8.28. The van der Waals surface area contributed by atoms with Gasteiger partial charge in [0.05, 0.1) is 6.54 Å². The van der Waals surface area contributed by atoms with Crippen molar-refractivity contribution in [3.8, 4) is 0 Å². The largest absolute Gasteiger partial charge is 0.348 e. The maximum Gasteiger partial charge on any atom is 0.332 e. The Labute approximate surface area is 189 Å². The Bertz CT molecular complexity index is 1460. The molecule has 0 aliphatic heterocycles. The van der Waals surface area contributed by atoms with E-state index >= 15 is 0 Å². The van der Waals surface area contributed by atoms with Crippen LogP contribution in [0.4, 0.5) is 0 Å². The highest BCUT2D eigenvalue weighted by Gasteiger charge is 2.22. The maximum absolute atomic E-state index is 13.2. The molecule has 0 fully saturated rings. The van der Waals surface area contributed by atoms with Crippen LogP contribution in [0.3, 0.4) is 0 Å². The average Bonchev–Trinajstić information content (AvgIpc) is 3.26. The van der Waals surface area contributed by atoms with Crippen molar-refractivity contribution in [1.82, 2.24) is 23.3 Å². The molecule has 0 aliphatic carbocycles. The number of nitrogens with zero attached hydrogens (tertiary/aromatic N) is 5. The van der Waals surface area contributed by atoms with Crippen LogP contribution in [0.1, 0.15) is 27.3 Å². The third kappa shape index (κ3) is 3.60. The number of aryl methyl sites for hydroxylation is 3. The molecule has 8 nitrogen and oxygen atoms in total. The predicted octanol–water partition coefficient (Wildman–Crippen LogP) is 2.63. The van der Waals surface area contributed by atoms with Crippen molar-refractivity contribution in [2.24, 2.45) is 14.1 Å². The van der Waals surface area contributed by atoms with Crippen LogP contribution in [0.5, 0.6) is 0 Å². The van der Waals surface area contributed by atoms with Gasteiger partial charge in [-0.3, -0.25) is 18.7 Å². The number of carbonyl (C=O) groups is 1. The molecule has 0 saturated carbocycles. The molecule has 4 rings (SSSR count). The van der Waals surface area contributed by atoms with Crippen molar-refractivity contribution in [2.45, 2.75) is 33.4 Å². The van der Waals surface area contributed by atoms with Gasteiger partial charge < -0.3 is 9.13 Å². The molecule has 0 radical (unpaired) electrons. The van der Waals surface area contributed by atoms with E-state index in [2.05, 4.69) is 21.7 Å². The number of rotatable bonds is 6. The van der Waals surface area contributed by atoms with E-state index in [-0.39, 0.29) is 28.8 Å². The number of benzene rings is 1. The number of hydrogen-bond donors (Lipinski definition) is 0. The zero-order valence-electron chi connectivity index (χ0n) is 18.4. The van der Waals surface area contributed by atoms with Gasteiger partial charge in [-0.05, 0) is 43.5 Å². The molecule has 0 bridgehead atoms. The van der Waals surface area contributed by atoms with E-state index in [1.165, 1.54) is 28.8 Å². The summed E-state index contributed by atoms with van der Waals surface area (Å²) in [6, 6.07) is 12.0. The summed E-state index contributed by atoms with van der Waals surface area (Å²) in [6.07, 6.45) is 0.854. The molecule has 0 aliphatic rings. The standard InChI is InChI=1S/C23H24ClN5O3/c1-14-12-17(15(2)28(14)11-10-16-8-6-5-7-9-16)18(30)13-29-19-20(25-22(29)24)26(3)23(32)27(4)21(19)31/h5-9,12H,10-11,13H2,1-4H3. The highest BCUT2D eigenvalue weighted by molar-refractivity contribution is 6.29. The fourth-order valence-electron chi connectivity index (χ4n) is 4.11. The molecule has 3 heterocycles. The minimum Gasteiger partial charge on any atom is -0.348 e. The number of Topliss-reactive ketones (excluding diaryl/α,β-unsaturated/α-hetero) is 1. The van der Waals surface area contributed by atoms with Gasteiger partial charge in [-0.1, -0.05) is 30.3 Å². The molecule has 0 atom stereocenters. The third-order valence-corrected chi connectivity index (χ3v) is 6.23. The Morgan fingerprint density at radius 2 is 1.72 bits per heavy atom. The van der Waals surface area contributed by atoms with Crippen LogP contribution < -0.4 is 11.2 Å². The minimum atomic E-state index is -0.538. The van der Waals surface area contributed by atoms with Gasteiger partial charge in [-0.2, -0.15) is 4.98 Å². The van der Waals surface area contributed by atoms with Crippen LogP contribution in [0.15, 0.2) is 46.0 Å². The summed E-state index contributed by atoms with van der Waals surface area (Å²) in [5, 5.41) is -0.00969. The topological polar surface area (TPSA) is 83.8 Å². The van der Waals surface area contributed by atoms with E-state index in [1.807, 2.05) is 38.1 Å². The molecule has 0 saturated heterocycles. The molecular formula is C23H24ClN5O3. The fraction of sp³-hybridized carbons (Fsp3) is 0.304. The molecule has 0 amide bonds. The third-order valence-electron chi connectivity index (χ3n) is 5.94. The van der Waals surface area contributed by atoms with Gasteiger partial charge >= 0.3 is 5.69 Å². The quantitative estimate of drug-likeness (QED) is 0.332. The SMILES string of the molecule is Cc1cc(C(=O)Cn2c(Cl)nc3c2c(=O)n(C)c(=O)n3C)c(C)n1CCc1ccccc1. The van der Waals surface area contributed by atoms with Crippen LogP contribution in [0, 0.1) is 13.8 Å². The molecule has 0 N–H and O–H groups in total. The zero-order valence-corrected chi connectivity index (χ0v) is 19.2. The van der Waals surface area contributed by atoms with Crippen molar-refractivity contribution >= 4 is 28.5 Å². The number of carbonyl (C=O) groups excluding carboxylic acids is 1. The van der Waals surface area contributed by atoms with Crippen molar-refractivity contribution < 1.29 is 4.79 Å². The summed E-state index contributed by atoms with van der Waals surface area (Å²) in [4.78, 5) is 42.3. The van der Waals surface area contributed by atoms with E-state index in [0.29, 0.717) is 5.56 Å². The normalized spacial score (nSPS) is 11.4. The number of aromatic nitrogens is 5. The highest BCUT2D eigenvalue weighted by atomic mass is 35.5. The molecule has 0 spiro atoms. The van der Waals surface area contributed by atoms with E-state index in [1.54, 1.807) is 0 Å². The lowest BCUT2D eigenvalue weighted by Crippen LogP contribution is -2.37. The summed E-state index contributed by atoms with van der Waals surface area (Å²) in [7, 11) is 2.90. The van der Waals surface area contributed by atoms with Gasteiger partial charge in [0.15, 0.2) is 16.9 Å². The lowest BCUT2D eigenvalue weighted by molar-refractivity contribution is 0.0972. The van der Waals surface area contributed by atoms with Crippen molar-refractivity contribution in [1.29, 1.82) is 0 Å². The van der Waals surface area contributed by atoms with Gasteiger partial charge in [-0.25, -0.2) is 4.79 Å². The van der Waals surface area contributed by atoms with Crippen molar-refractivity contribution in [3.63, 3.8) is 0 Å².